The quantitative estimate of drug-likeness (QED) is 0.874. The second kappa shape index (κ2) is 6.08. The van der Waals surface area contributed by atoms with Gasteiger partial charge in [-0.05, 0) is 42.9 Å². The van der Waals surface area contributed by atoms with E-state index in [2.05, 4.69) is 28.2 Å². The van der Waals surface area contributed by atoms with E-state index in [9.17, 15) is 4.79 Å². The minimum absolute atomic E-state index is 0.0469. The van der Waals surface area contributed by atoms with Crippen molar-refractivity contribution in [1.29, 1.82) is 0 Å². The SMILES string of the molecule is Cc1c(Br)cccc1C(=O)NCC1(C)CCCCC1. The van der Waals surface area contributed by atoms with E-state index in [0.29, 0.717) is 0 Å². The van der Waals surface area contributed by atoms with E-state index < -0.39 is 0 Å². The molecule has 0 saturated heterocycles. The van der Waals surface area contributed by atoms with Gasteiger partial charge in [0.2, 0.25) is 0 Å². The van der Waals surface area contributed by atoms with E-state index in [0.717, 1.165) is 22.1 Å². The van der Waals surface area contributed by atoms with Gasteiger partial charge in [0.1, 0.15) is 0 Å². The molecule has 2 nitrogen and oxygen atoms in total. The zero-order chi connectivity index (χ0) is 13.9. The molecule has 104 valence electrons. The van der Waals surface area contributed by atoms with Crippen molar-refractivity contribution in [3.8, 4) is 0 Å². The summed E-state index contributed by atoms with van der Waals surface area (Å²) in [4.78, 5) is 12.3. The summed E-state index contributed by atoms with van der Waals surface area (Å²) in [5.74, 6) is 0.0469. The molecular weight excluding hydrogens is 302 g/mol. The Bertz CT molecular complexity index is 464. The van der Waals surface area contributed by atoms with Crippen LogP contribution in [0.1, 0.15) is 54.9 Å². The predicted octanol–water partition coefficient (Wildman–Crippen LogP) is 4.46. The lowest BCUT2D eigenvalue weighted by molar-refractivity contribution is 0.0918. The van der Waals surface area contributed by atoms with Gasteiger partial charge in [-0.3, -0.25) is 4.79 Å². The molecule has 1 aromatic rings. The molecule has 0 heterocycles. The molecule has 3 heteroatoms. The number of hydrogen-bond donors (Lipinski definition) is 1. The van der Waals surface area contributed by atoms with Gasteiger partial charge in [0.25, 0.3) is 5.91 Å². The fourth-order valence-electron chi connectivity index (χ4n) is 2.82. The molecule has 0 atom stereocenters. The highest BCUT2D eigenvalue weighted by atomic mass is 79.9. The lowest BCUT2D eigenvalue weighted by Gasteiger charge is -2.33. The van der Waals surface area contributed by atoms with E-state index in [-0.39, 0.29) is 11.3 Å². The third kappa shape index (κ3) is 3.59. The molecule has 2 rings (SSSR count). The molecule has 0 spiro atoms. The number of carbonyl (C=O) groups excluding carboxylic acids is 1. The van der Waals surface area contributed by atoms with Crippen molar-refractivity contribution >= 4 is 21.8 Å². The smallest absolute Gasteiger partial charge is 0.251 e. The standard InChI is InChI=1S/C16H22BrNO/c1-12-13(7-6-8-14(12)17)15(19)18-11-16(2)9-4-3-5-10-16/h6-8H,3-5,9-11H2,1-2H3,(H,18,19). The highest BCUT2D eigenvalue weighted by Crippen LogP contribution is 2.35. The van der Waals surface area contributed by atoms with Gasteiger partial charge in [-0.2, -0.15) is 0 Å². The average molecular weight is 324 g/mol. The van der Waals surface area contributed by atoms with Crippen molar-refractivity contribution in [1.82, 2.24) is 5.32 Å². The zero-order valence-electron chi connectivity index (χ0n) is 11.8. The van der Waals surface area contributed by atoms with Crippen LogP contribution in [0.4, 0.5) is 0 Å². The van der Waals surface area contributed by atoms with Crippen molar-refractivity contribution in [3.05, 3.63) is 33.8 Å². The van der Waals surface area contributed by atoms with Gasteiger partial charge in [0.05, 0.1) is 0 Å². The van der Waals surface area contributed by atoms with Crippen LogP contribution in [0.25, 0.3) is 0 Å². The highest BCUT2D eigenvalue weighted by Gasteiger charge is 2.27. The van der Waals surface area contributed by atoms with E-state index in [1.807, 2.05) is 25.1 Å². The second-order valence-corrected chi connectivity index (χ2v) is 6.82. The van der Waals surface area contributed by atoms with Crippen molar-refractivity contribution in [3.63, 3.8) is 0 Å². The minimum Gasteiger partial charge on any atom is -0.351 e. The Hall–Kier alpha value is -0.830. The number of benzene rings is 1. The Labute approximate surface area is 124 Å². The molecule has 1 saturated carbocycles. The molecule has 19 heavy (non-hydrogen) atoms. The molecule has 1 aromatic carbocycles. The Morgan fingerprint density at radius 2 is 2.00 bits per heavy atom. The molecule has 0 aromatic heterocycles. The van der Waals surface area contributed by atoms with E-state index in [1.165, 1.54) is 32.1 Å². The molecule has 1 fully saturated rings. The number of rotatable bonds is 3. The van der Waals surface area contributed by atoms with Gasteiger partial charge in [-0.15, -0.1) is 0 Å². The number of halogens is 1. The third-order valence-electron chi connectivity index (χ3n) is 4.25. The van der Waals surface area contributed by atoms with Crippen molar-refractivity contribution < 1.29 is 4.79 Å². The molecule has 1 aliphatic rings. The predicted molar refractivity (Wildman–Crippen MR) is 82.4 cm³/mol. The van der Waals surface area contributed by atoms with Crippen LogP contribution in [-0.4, -0.2) is 12.5 Å². The third-order valence-corrected chi connectivity index (χ3v) is 5.11. The average Bonchev–Trinajstić information content (AvgIpc) is 2.40. The van der Waals surface area contributed by atoms with Crippen LogP contribution in [0, 0.1) is 12.3 Å². The maximum Gasteiger partial charge on any atom is 0.251 e. The summed E-state index contributed by atoms with van der Waals surface area (Å²) in [7, 11) is 0. The molecule has 0 bridgehead atoms. The first-order chi connectivity index (χ1) is 9.02. The van der Waals surface area contributed by atoms with Crippen LogP contribution in [0.15, 0.2) is 22.7 Å². The summed E-state index contributed by atoms with van der Waals surface area (Å²) >= 11 is 3.47. The Morgan fingerprint density at radius 1 is 1.32 bits per heavy atom. The van der Waals surface area contributed by atoms with Crippen molar-refractivity contribution in [2.24, 2.45) is 5.41 Å². The van der Waals surface area contributed by atoms with Crippen molar-refractivity contribution in [2.75, 3.05) is 6.54 Å². The lowest BCUT2D eigenvalue weighted by Crippen LogP contribution is -2.37. The molecule has 0 radical (unpaired) electrons. The summed E-state index contributed by atoms with van der Waals surface area (Å²) in [6.07, 6.45) is 6.38. The van der Waals surface area contributed by atoms with Crippen LogP contribution < -0.4 is 5.32 Å². The number of nitrogens with one attached hydrogen (secondary N) is 1. The number of carbonyl (C=O) groups is 1. The summed E-state index contributed by atoms with van der Waals surface area (Å²) in [6, 6.07) is 5.77. The van der Waals surface area contributed by atoms with Gasteiger partial charge in [-0.1, -0.05) is 48.2 Å². The van der Waals surface area contributed by atoms with Gasteiger partial charge < -0.3 is 5.32 Å². The Kier molecular flexibility index (Phi) is 4.67. The van der Waals surface area contributed by atoms with Gasteiger partial charge in [-0.25, -0.2) is 0 Å². The fourth-order valence-corrected chi connectivity index (χ4v) is 3.19. The van der Waals surface area contributed by atoms with Crippen molar-refractivity contribution in [2.45, 2.75) is 46.0 Å². The molecule has 1 amide bonds. The van der Waals surface area contributed by atoms with Gasteiger partial charge >= 0.3 is 0 Å². The first-order valence-electron chi connectivity index (χ1n) is 7.05. The van der Waals surface area contributed by atoms with E-state index in [4.69, 9.17) is 0 Å². The molecule has 0 aliphatic heterocycles. The monoisotopic (exact) mass is 323 g/mol. The minimum atomic E-state index is 0.0469. The first kappa shape index (κ1) is 14.6. The first-order valence-corrected chi connectivity index (χ1v) is 7.84. The van der Waals surface area contributed by atoms with Crippen LogP contribution in [0.5, 0.6) is 0 Å². The van der Waals surface area contributed by atoms with Crippen LogP contribution in [0.3, 0.4) is 0 Å². The van der Waals surface area contributed by atoms with Crippen LogP contribution in [-0.2, 0) is 0 Å². The fraction of sp³-hybridized carbons (Fsp3) is 0.562. The topological polar surface area (TPSA) is 29.1 Å². The number of amides is 1. The summed E-state index contributed by atoms with van der Waals surface area (Å²) < 4.78 is 0.990. The maximum atomic E-state index is 12.3. The summed E-state index contributed by atoms with van der Waals surface area (Å²) in [5.41, 5.74) is 2.07. The Morgan fingerprint density at radius 3 is 2.68 bits per heavy atom. The maximum absolute atomic E-state index is 12.3. The van der Waals surface area contributed by atoms with Crippen LogP contribution >= 0.6 is 15.9 Å². The number of hydrogen-bond acceptors (Lipinski definition) is 1. The van der Waals surface area contributed by atoms with E-state index >= 15 is 0 Å². The summed E-state index contributed by atoms with van der Waals surface area (Å²) in [5, 5.41) is 3.12. The molecular formula is C16H22BrNO. The molecule has 0 unspecified atom stereocenters. The normalized spacial score (nSPS) is 18.1. The Balaban J connectivity index is 1.99. The second-order valence-electron chi connectivity index (χ2n) is 5.97. The molecule has 1 N–H and O–H groups in total. The lowest BCUT2D eigenvalue weighted by atomic mass is 9.76. The molecule has 1 aliphatic carbocycles. The van der Waals surface area contributed by atoms with Gasteiger partial charge in [0.15, 0.2) is 0 Å². The largest absolute Gasteiger partial charge is 0.351 e. The van der Waals surface area contributed by atoms with E-state index in [1.54, 1.807) is 0 Å². The van der Waals surface area contributed by atoms with Crippen LogP contribution in [0.2, 0.25) is 0 Å². The zero-order valence-corrected chi connectivity index (χ0v) is 13.3. The van der Waals surface area contributed by atoms with Gasteiger partial charge in [0, 0.05) is 16.6 Å². The highest BCUT2D eigenvalue weighted by molar-refractivity contribution is 9.10. The summed E-state index contributed by atoms with van der Waals surface area (Å²) in [6.45, 7) is 5.05.